The second-order valence-corrected chi connectivity index (χ2v) is 5.36. The number of hydrogen-bond acceptors (Lipinski definition) is 3. The molecule has 0 aliphatic heterocycles. The Bertz CT molecular complexity index is 283. The van der Waals surface area contributed by atoms with E-state index >= 15 is 0 Å². The van der Waals surface area contributed by atoms with Crippen molar-refractivity contribution in [3.63, 3.8) is 0 Å². The Hall–Kier alpha value is -1.06. The molecule has 0 aromatic heterocycles. The van der Waals surface area contributed by atoms with E-state index in [0.717, 1.165) is 0 Å². The summed E-state index contributed by atoms with van der Waals surface area (Å²) in [4.78, 5) is 25.1. The maximum Gasteiger partial charge on any atom is 0.307 e. The Labute approximate surface area is 116 Å². The van der Waals surface area contributed by atoms with Crippen LogP contribution >= 0.6 is 0 Å². The average Bonchev–Trinajstić information content (AvgIpc) is 2.67. The Morgan fingerprint density at radius 1 is 1.16 bits per heavy atom. The van der Waals surface area contributed by atoms with Gasteiger partial charge >= 0.3 is 5.97 Å². The van der Waals surface area contributed by atoms with Crippen LogP contribution in [-0.2, 0) is 14.3 Å². The minimum atomic E-state index is -0.249. The van der Waals surface area contributed by atoms with E-state index in [1.54, 1.807) is 4.90 Å². The van der Waals surface area contributed by atoms with Crippen LogP contribution in [0.15, 0.2) is 0 Å². The van der Waals surface area contributed by atoms with Gasteiger partial charge < -0.3 is 9.64 Å². The first-order chi connectivity index (χ1) is 9.17. The summed E-state index contributed by atoms with van der Waals surface area (Å²) in [6.07, 6.45) is 8.43. The van der Waals surface area contributed by atoms with Crippen LogP contribution in [0.2, 0.25) is 0 Å². The van der Waals surface area contributed by atoms with Gasteiger partial charge in [0.1, 0.15) is 0 Å². The van der Waals surface area contributed by atoms with E-state index in [0.29, 0.717) is 31.8 Å². The predicted octanol–water partition coefficient (Wildman–Crippen LogP) is 2.76. The Morgan fingerprint density at radius 3 is 2.32 bits per heavy atom. The lowest BCUT2D eigenvalue weighted by Crippen LogP contribution is -2.34. The second kappa shape index (κ2) is 8.94. The molecule has 0 heterocycles. The molecule has 0 unspecified atom stereocenters. The molecule has 0 radical (unpaired) electrons. The quantitative estimate of drug-likeness (QED) is 0.550. The topological polar surface area (TPSA) is 46.6 Å². The van der Waals surface area contributed by atoms with Gasteiger partial charge in [-0.3, -0.25) is 9.59 Å². The molecule has 1 amide bonds. The second-order valence-electron chi connectivity index (χ2n) is 5.36. The molecule has 1 aliphatic carbocycles. The fraction of sp³-hybridized carbons (Fsp3) is 0.867. The number of carbonyl (C=O) groups is 2. The van der Waals surface area contributed by atoms with Crippen molar-refractivity contribution < 1.29 is 14.3 Å². The molecule has 4 heteroatoms. The minimum Gasteiger partial charge on any atom is -0.469 e. The van der Waals surface area contributed by atoms with Gasteiger partial charge in [-0.05, 0) is 25.7 Å². The molecule has 110 valence electrons. The zero-order valence-corrected chi connectivity index (χ0v) is 12.3. The van der Waals surface area contributed by atoms with Gasteiger partial charge in [0.15, 0.2) is 0 Å². The molecule has 0 aromatic rings. The van der Waals surface area contributed by atoms with Crippen molar-refractivity contribution in [2.45, 2.75) is 58.3 Å². The van der Waals surface area contributed by atoms with Crippen LogP contribution in [0.5, 0.6) is 0 Å². The highest BCUT2D eigenvalue weighted by atomic mass is 16.5. The van der Waals surface area contributed by atoms with Crippen molar-refractivity contribution in [2.24, 2.45) is 5.92 Å². The molecule has 19 heavy (non-hydrogen) atoms. The first-order valence-electron chi connectivity index (χ1n) is 7.52. The number of methoxy groups -OCH3 is 1. The minimum absolute atomic E-state index is 0.193. The van der Waals surface area contributed by atoms with E-state index < -0.39 is 0 Å². The van der Waals surface area contributed by atoms with Crippen molar-refractivity contribution in [3.05, 3.63) is 0 Å². The largest absolute Gasteiger partial charge is 0.469 e. The number of hydrogen-bond donors (Lipinski definition) is 0. The molecule has 0 aromatic carbocycles. The summed E-state index contributed by atoms with van der Waals surface area (Å²) in [6, 6.07) is 0. The molecule has 0 bridgehead atoms. The van der Waals surface area contributed by atoms with Gasteiger partial charge in [-0.25, -0.2) is 0 Å². The summed E-state index contributed by atoms with van der Waals surface area (Å²) in [5.41, 5.74) is 0. The lowest BCUT2D eigenvalue weighted by atomic mass is 9.96. The first-order valence-corrected chi connectivity index (χ1v) is 7.52. The molecule has 0 spiro atoms. The van der Waals surface area contributed by atoms with E-state index in [2.05, 4.69) is 4.74 Å². The van der Waals surface area contributed by atoms with E-state index in [-0.39, 0.29) is 11.9 Å². The highest BCUT2D eigenvalue weighted by molar-refractivity contribution is 5.77. The molecule has 0 N–H and O–H groups in total. The molecule has 4 nitrogen and oxygen atoms in total. The van der Waals surface area contributed by atoms with Crippen LogP contribution < -0.4 is 0 Å². The van der Waals surface area contributed by atoms with Crippen molar-refractivity contribution in [1.29, 1.82) is 0 Å². The van der Waals surface area contributed by atoms with Gasteiger partial charge in [-0.1, -0.05) is 25.7 Å². The maximum absolute atomic E-state index is 12.2. The lowest BCUT2D eigenvalue weighted by molar-refractivity contribution is -0.141. The fourth-order valence-corrected chi connectivity index (χ4v) is 2.73. The summed E-state index contributed by atoms with van der Waals surface area (Å²) < 4.78 is 4.61. The highest BCUT2D eigenvalue weighted by Gasteiger charge is 2.20. The molecule has 0 atom stereocenters. The highest BCUT2D eigenvalue weighted by Crippen LogP contribution is 2.25. The van der Waals surface area contributed by atoms with Crippen molar-refractivity contribution >= 4 is 11.9 Å². The van der Waals surface area contributed by atoms with Crippen LogP contribution in [0.3, 0.4) is 0 Å². The molecule has 1 rings (SSSR count). The van der Waals surface area contributed by atoms with Gasteiger partial charge in [0.2, 0.25) is 5.91 Å². The van der Waals surface area contributed by atoms with Crippen LogP contribution in [0, 0.1) is 5.92 Å². The average molecular weight is 269 g/mol. The number of ether oxygens (including phenoxy) is 1. The number of esters is 1. The van der Waals surface area contributed by atoms with Crippen LogP contribution in [0.1, 0.15) is 58.3 Å². The summed E-state index contributed by atoms with van der Waals surface area (Å²) in [6.45, 7) is 3.11. The summed E-state index contributed by atoms with van der Waals surface area (Å²) in [5, 5.41) is 0. The van der Waals surface area contributed by atoms with E-state index in [1.807, 2.05) is 6.92 Å². The first kappa shape index (κ1) is 16.0. The molecular formula is C15H27NO3. The van der Waals surface area contributed by atoms with Gasteiger partial charge in [0, 0.05) is 19.5 Å². The maximum atomic E-state index is 12.2. The van der Waals surface area contributed by atoms with Crippen molar-refractivity contribution in [1.82, 2.24) is 4.90 Å². The molecule has 1 fully saturated rings. The Morgan fingerprint density at radius 2 is 1.79 bits per heavy atom. The third-order valence-corrected chi connectivity index (χ3v) is 3.99. The van der Waals surface area contributed by atoms with Crippen LogP contribution in [-0.4, -0.2) is 37.0 Å². The third-order valence-electron chi connectivity index (χ3n) is 3.99. The Kier molecular flexibility index (Phi) is 7.53. The zero-order valence-electron chi connectivity index (χ0n) is 12.3. The van der Waals surface area contributed by atoms with Crippen LogP contribution in [0.25, 0.3) is 0 Å². The van der Waals surface area contributed by atoms with Gasteiger partial charge in [0.05, 0.1) is 13.5 Å². The van der Waals surface area contributed by atoms with Gasteiger partial charge in [-0.2, -0.15) is 0 Å². The lowest BCUT2D eigenvalue weighted by Gasteiger charge is -2.23. The van der Waals surface area contributed by atoms with E-state index in [9.17, 15) is 9.59 Å². The molecular weight excluding hydrogens is 242 g/mol. The number of rotatable bonds is 6. The molecule has 1 aliphatic rings. The summed E-state index contributed by atoms with van der Waals surface area (Å²) in [5.74, 6) is 0.487. The van der Waals surface area contributed by atoms with E-state index in [4.69, 9.17) is 0 Å². The van der Waals surface area contributed by atoms with Gasteiger partial charge in [-0.15, -0.1) is 0 Å². The number of carbonyl (C=O) groups excluding carboxylic acids is 2. The smallest absolute Gasteiger partial charge is 0.307 e. The van der Waals surface area contributed by atoms with E-state index in [1.165, 1.54) is 45.6 Å². The summed E-state index contributed by atoms with van der Waals surface area (Å²) in [7, 11) is 1.38. The fourth-order valence-electron chi connectivity index (χ4n) is 2.73. The summed E-state index contributed by atoms with van der Waals surface area (Å²) >= 11 is 0. The Balaban J connectivity index is 2.37. The van der Waals surface area contributed by atoms with Crippen LogP contribution in [0.4, 0.5) is 0 Å². The predicted molar refractivity (Wildman–Crippen MR) is 74.7 cm³/mol. The SMILES string of the molecule is CCN(CCC(=O)OC)C(=O)CC1CCCCCC1. The normalized spacial score (nSPS) is 16.7. The molecule has 1 saturated carbocycles. The van der Waals surface area contributed by atoms with Crippen molar-refractivity contribution in [3.8, 4) is 0 Å². The monoisotopic (exact) mass is 269 g/mol. The number of amides is 1. The number of nitrogens with zero attached hydrogens (tertiary/aromatic N) is 1. The zero-order chi connectivity index (χ0) is 14.1. The standard InChI is InChI=1S/C15H27NO3/c1-3-16(11-10-15(18)19-2)14(17)12-13-8-6-4-5-7-9-13/h13H,3-12H2,1-2H3. The van der Waals surface area contributed by atoms with Gasteiger partial charge in [0.25, 0.3) is 0 Å². The van der Waals surface area contributed by atoms with Crippen molar-refractivity contribution in [2.75, 3.05) is 20.2 Å². The third kappa shape index (κ3) is 6.08. The molecule has 0 saturated heterocycles.